The third-order valence-electron chi connectivity index (χ3n) is 2.92. The van der Waals surface area contributed by atoms with Crippen molar-refractivity contribution in [2.75, 3.05) is 5.32 Å². The lowest BCUT2D eigenvalue weighted by Crippen LogP contribution is -1.99. The summed E-state index contributed by atoms with van der Waals surface area (Å²) in [5, 5.41) is 3.35. The van der Waals surface area contributed by atoms with Crippen LogP contribution in [0.15, 0.2) is 77.6 Å². The molecule has 20 heavy (non-hydrogen) atoms. The van der Waals surface area contributed by atoms with Gasteiger partial charge in [-0.3, -0.25) is 0 Å². The molecule has 0 aliphatic carbocycles. The molecule has 0 saturated heterocycles. The van der Waals surface area contributed by atoms with E-state index in [-0.39, 0.29) is 0 Å². The average molecular weight is 265 g/mol. The Kier molecular flexibility index (Phi) is 3.69. The van der Waals surface area contributed by atoms with Crippen LogP contribution in [0.1, 0.15) is 5.56 Å². The van der Waals surface area contributed by atoms with Crippen LogP contribution in [0.5, 0.6) is 11.5 Å². The normalized spacial score (nSPS) is 10.2. The summed E-state index contributed by atoms with van der Waals surface area (Å²) in [5.74, 6) is 1.63. The molecule has 0 aliphatic rings. The SMILES string of the molecule is c1ccc(Oc2ccccc2NCc2ccoc2)cc1. The van der Waals surface area contributed by atoms with E-state index in [1.807, 2.05) is 60.7 Å². The molecule has 0 atom stereocenters. The fourth-order valence-electron chi connectivity index (χ4n) is 1.91. The minimum atomic E-state index is 0.700. The van der Waals surface area contributed by atoms with E-state index in [0.717, 1.165) is 22.7 Å². The van der Waals surface area contributed by atoms with E-state index in [2.05, 4.69) is 5.32 Å². The fraction of sp³-hybridized carbons (Fsp3) is 0.0588. The van der Waals surface area contributed by atoms with Crippen LogP contribution in [0.4, 0.5) is 5.69 Å². The first-order valence-corrected chi connectivity index (χ1v) is 6.49. The molecular weight excluding hydrogens is 250 g/mol. The molecule has 0 amide bonds. The molecule has 2 aromatic carbocycles. The van der Waals surface area contributed by atoms with Gasteiger partial charge in [-0.05, 0) is 30.3 Å². The number of benzene rings is 2. The number of nitrogens with one attached hydrogen (secondary N) is 1. The summed E-state index contributed by atoms with van der Waals surface area (Å²) in [6.45, 7) is 0.700. The molecule has 0 saturated carbocycles. The number of para-hydroxylation sites is 3. The molecule has 0 radical (unpaired) electrons. The second-order valence-corrected chi connectivity index (χ2v) is 4.40. The number of ether oxygens (including phenoxy) is 1. The van der Waals surface area contributed by atoms with Gasteiger partial charge in [0.25, 0.3) is 0 Å². The summed E-state index contributed by atoms with van der Waals surface area (Å²) in [6, 6.07) is 19.6. The zero-order valence-electron chi connectivity index (χ0n) is 11.0. The Bertz CT molecular complexity index is 648. The second-order valence-electron chi connectivity index (χ2n) is 4.40. The third-order valence-corrected chi connectivity index (χ3v) is 2.92. The van der Waals surface area contributed by atoms with Crippen molar-refractivity contribution in [2.24, 2.45) is 0 Å². The molecule has 0 aliphatic heterocycles. The Morgan fingerprint density at radius 1 is 0.900 bits per heavy atom. The van der Waals surface area contributed by atoms with Crippen molar-refractivity contribution in [2.45, 2.75) is 6.54 Å². The average Bonchev–Trinajstić information content (AvgIpc) is 3.01. The van der Waals surface area contributed by atoms with Crippen LogP contribution in [0.25, 0.3) is 0 Å². The Morgan fingerprint density at radius 2 is 1.70 bits per heavy atom. The van der Waals surface area contributed by atoms with Gasteiger partial charge in [0, 0.05) is 12.1 Å². The maximum absolute atomic E-state index is 5.89. The van der Waals surface area contributed by atoms with Gasteiger partial charge < -0.3 is 14.5 Å². The Balaban J connectivity index is 1.74. The highest BCUT2D eigenvalue weighted by molar-refractivity contribution is 5.57. The van der Waals surface area contributed by atoms with Crippen LogP contribution in [0, 0.1) is 0 Å². The van der Waals surface area contributed by atoms with E-state index in [4.69, 9.17) is 9.15 Å². The van der Waals surface area contributed by atoms with E-state index < -0.39 is 0 Å². The Labute approximate surface area is 117 Å². The van der Waals surface area contributed by atoms with Crippen molar-refractivity contribution in [1.29, 1.82) is 0 Å². The molecule has 0 unspecified atom stereocenters. The first-order valence-electron chi connectivity index (χ1n) is 6.49. The summed E-state index contributed by atoms with van der Waals surface area (Å²) in [5.41, 5.74) is 2.05. The number of furan rings is 1. The predicted octanol–water partition coefficient (Wildman–Crippen LogP) is 4.68. The molecule has 3 nitrogen and oxygen atoms in total. The van der Waals surface area contributed by atoms with Gasteiger partial charge in [-0.2, -0.15) is 0 Å². The van der Waals surface area contributed by atoms with Gasteiger partial charge in [-0.15, -0.1) is 0 Å². The number of rotatable bonds is 5. The van der Waals surface area contributed by atoms with Gasteiger partial charge in [0.1, 0.15) is 5.75 Å². The van der Waals surface area contributed by atoms with Crippen LogP contribution in [0.2, 0.25) is 0 Å². The molecule has 100 valence electrons. The van der Waals surface area contributed by atoms with Gasteiger partial charge >= 0.3 is 0 Å². The highest BCUT2D eigenvalue weighted by atomic mass is 16.5. The van der Waals surface area contributed by atoms with Crippen LogP contribution in [-0.4, -0.2) is 0 Å². The lowest BCUT2D eigenvalue weighted by atomic mass is 10.2. The molecule has 1 aromatic heterocycles. The van der Waals surface area contributed by atoms with Crippen molar-refractivity contribution in [3.05, 3.63) is 78.8 Å². The molecule has 3 rings (SSSR count). The summed E-state index contributed by atoms with van der Waals surface area (Å²) >= 11 is 0. The van der Waals surface area contributed by atoms with Gasteiger partial charge in [-0.1, -0.05) is 30.3 Å². The molecule has 0 spiro atoms. The summed E-state index contributed by atoms with van der Waals surface area (Å²) in [7, 11) is 0. The second kappa shape index (κ2) is 5.97. The van der Waals surface area contributed by atoms with Crippen LogP contribution in [0.3, 0.4) is 0 Å². The number of hydrogen-bond donors (Lipinski definition) is 1. The van der Waals surface area contributed by atoms with E-state index in [9.17, 15) is 0 Å². The topological polar surface area (TPSA) is 34.4 Å². The van der Waals surface area contributed by atoms with E-state index in [0.29, 0.717) is 6.54 Å². The van der Waals surface area contributed by atoms with Gasteiger partial charge in [0.15, 0.2) is 5.75 Å². The summed E-state index contributed by atoms with van der Waals surface area (Å²) < 4.78 is 11.0. The van der Waals surface area contributed by atoms with Gasteiger partial charge in [-0.25, -0.2) is 0 Å². The summed E-state index contributed by atoms with van der Waals surface area (Å²) in [4.78, 5) is 0. The van der Waals surface area contributed by atoms with Crippen LogP contribution < -0.4 is 10.1 Å². The fourth-order valence-corrected chi connectivity index (χ4v) is 1.91. The molecule has 0 bridgehead atoms. The largest absolute Gasteiger partial charge is 0.472 e. The molecule has 3 heteroatoms. The number of hydrogen-bond acceptors (Lipinski definition) is 3. The predicted molar refractivity (Wildman–Crippen MR) is 79.0 cm³/mol. The Morgan fingerprint density at radius 3 is 2.50 bits per heavy atom. The number of anilines is 1. The third kappa shape index (κ3) is 3.01. The first kappa shape index (κ1) is 12.4. The van der Waals surface area contributed by atoms with Gasteiger partial charge in [0.2, 0.25) is 0 Å². The van der Waals surface area contributed by atoms with E-state index in [1.54, 1.807) is 12.5 Å². The highest BCUT2D eigenvalue weighted by Gasteiger charge is 2.04. The lowest BCUT2D eigenvalue weighted by molar-refractivity contribution is 0.484. The molecule has 1 heterocycles. The van der Waals surface area contributed by atoms with Crippen molar-refractivity contribution in [3.8, 4) is 11.5 Å². The highest BCUT2D eigenvalue weighted by Crippen LogP contribution is 2.29. The van der Waals surface area contributed by atoms with Crippen molar-refractivity contribution in [3.63, 3.8) is 0 Å². The smallest absolute Gasteiger partial charge is 0.150 e. The molecule has 3 aromatic rings. The molecular formula is C17H15NO2. The lowest BCUT2D eigenvalue weighted by Gasteiger charge is -2.12. The zero-order valence-corrected chi connectivity index (χ0v) is 11.0. The van der Waals surface area contributed by atoms with E-state index in [1.165, 1.54) is 0 Å². The van der Waals surface area contributed by atoms with Crippen molar-refractivity contribution < 1.29 is 9.15 Å². The standard InChI is InChI=1S/C17H15NO2/c1-2-6-15(7-3-1)20-17-9-5-4-8-16(17)18-12-14-10-11-19-13-14/h1-11,13,18H,12H2. The molecule has 1 N–H and O–H groups in total. The maximum Gasteiger partial charge on any atom is 0.150 e. The van der Waals surface area contributed by atoms with Crippen molar-refractivity contribution in [1.82, 2.24) is 0 Å². The quantitative estimate of drug-likeness (QED) is 0.727. The molecule has 0 fully saturated rings. The minimum Gasteiger partial charge on any atom is -0.472 e. The van der Waals surface area contributed by atoms with Gasteiger partial charge in [0.05, 0.1) is 18.2 Å². The van der Waals surface area contributed by atoms with E-state index >= 15 is 0 Å². The minimum absolute atomic E-state index is 0.700. The van der Waals surface area contributed by atoms with Crippen LogP contribution >= 0.6 is 0 Å². The first-order chi connectivity index (χ1) is 9.92. The monoisotopic (exact) mass is 265 g/mol. The zero-order chi connectivity index (χ0) is 13.6. The Hall–Kier alpha value is -2.68. The summed E-state index contributed by atoms with van der Waals surface area (Å²) in [6.07, 6.45) is 3.40. The van der Waals surface area contributed by atoms with Crippen molar-refractivity contribution >= 4 is 5.69 Å². The maximum atomic E-state index is 5.89. The van der Waals surface area contributed by atoms with Crippen LogP contribution in [-0.2, 0) is 6.54 Å².